The number of hydrogen-bond acceptors (Lipinski definition) is 11. The number of hydrogen-bond donors (Lipinski definition) is 3. The number of nitrogens with one attached hydrogen (secondary N) is 2. The van der Waals surface area contributed by atoms with Crippen molar-refractivity contribution in [3.05, 3.63) is 66.1 Å². The molecule has 0 unspecified atom stereocenters. The fraction of sp³-hybridized carbons (Fsp3) is 0.653. The van der Waals surface area contributed by atoms with Crippen LogP contribution in [0, 0.1) is 40.3 Å². The number of thioether (sulfide) groups is 1. The summed E-state index contributed by atoms with van der Waals surface area (Å²) < 4.78 is 40.5. The molecule has 3 N–H and O–H groups in total. The second kappa shape index (κ2) is 20.2. The first-order valence-corrected chi connectivity index (χ1v) is 24.3. The number of halogens is 1. The van der Waals surface area contributed by atoms with Crippen molar-refractivity contribution in [1.82, 2.24) is 25.6 Å². The second-order valence-corrected chi connectivity index (χ2v) is 20.9. The molecule has 8 atom stereocenters. The van der Waals surface area contributed by atoms with Gasteiger partial charge < -0.3 is 34.7 Å². The van der Waals surface area contributed by atoms with E-state index < -0.39 is 35.1 Å². The third kappa shape index (κ3) is 10.8. The van der Waals surface area contributed by atoms with E-state index in [1.165, 1.54) is 23.9 Å². The van der Waals surface area contributed by atoms with Gasteiger partial charge in [-0.1, -0.05) is 44.5 Å². The number of carbonyl (C=O) groups is 3. The lowest BCUT2D eigenvalue weighted by atomic mass is 9.44. The highest BCUT2D eigenvalue weighted by Crippen LogP contribution is 2.72. The van der Waals surface area contributed by atoms with Crippen LogP contribution < -0.4 is 10.6 Å². The number of alkyl carbamates (subject to hydrolysis) is 1. The van der Waals surface area contributed by atoms with Gasteiger partial charge in [-0.15, -0.1) is 16.9 Å². The van der Waals surface area contributed by atoms with Crippen molar-refractivity contribution >= 4 is 29.7 Å². The van der Waals surface area contributed by atoms with E-state index in [0.717, 1.165) is 61.0 Å². The molecule has 3 aliphatic carbocycles. The fourth-order valence-electron chi connectivity index (χ4n) is 11.4. The molecule has 2 heterocycles. The number of aliphatic hydroxyl groups excluding tert-OH is 1. The third-order valence-corrected chi connectivity index (χ3v) is 15.7. The number of ether oxygens (including phenoxy) is 4. The summed E-state index contributed by atoms with van der Waals surface area (Å²) in [5, 5.41) is 26.6. The molecule has 2 bridgehead atoms. The van der Waals surface area contributed by atoms with Crippen molar-refractivity contribution in [2.24, 2.45) is 34.5 Å². The fourth-order valence-corrected chi connectivity index (χ4v) is 12.1. The average Bonchev–Trinajstić information content (AvgIpc) is 4.01. The topological polar surface area (TPSA) is 163 Å². The number of unbranched alkanes of at least 4 members (excludes halogenated alkanes) is 1. The first kappa shape index (κ1) is 47.9. The highest BCUT2D eigenvalue weighted by atomic mass is 32.2. The molecular weight excluding hydrogens is 838 g/mol. The number of amides is 2. The Morgan fingerprint density at radius 1 is 0.969 bits per heavy atom. The van der Waals surface area contributed by atoms with Gasteiger partial charge in [0, 0.05) is 47.8 Å². The molecule has 64 heavy (non-hydrogen) atoms. The summed E-state index contributed by atoms with van der Waals surface area (Å²) in [6.45, 7) is 14.8. The zero-order valence-electron chi connectivity index (χ0n) is 38.4. The Bertz CT molecular complexity index is 2060. The predicted molar refractivity (Wildman–Crippen MR) is 241 cm³/mol. The summed E-state index contributed by atoms with van der Waals surface area (Å²) in [6, 6.07) is 13.9. The standard InChI is InChI=1S/C49H68FN5O8S/c1-32-19-20-48-21-22-49(60-26-27-61-49)44(48)47(32,6)40(29-36(43(58)33(48)2)10-7-8-25-55-30-39(53-54-55)35-13-15-37(50)16-14-35)62-42(57)31-64-38-17-11-34(12-18-38)28-41(56)51-23-9-24-52-45(59)63-46(3,4)5/h11-18,30,32-33,36,40,43-44,58H,7-10,19-29,31H2,1-6H3,(H,51,56)(H,52,59)/t32-,33+,36+,40+,43+,44+,47+,48+/m1/s1. The monoisotopic (exact) mass is 905 g/mol. The third-order valence-electron chi connectivity index (χ3n) is 14.7. The summed E-state index contributed by atoms with van der Waals surface area (Å²) in [4.78, 5) is 39.4. The predicted octanol–water partition coefficient (Wildman–Crippen LogP) is 8.12. The molecule has 1 aromatic heterocycles. The molecule has 2 amide bonds. The Kier molecular flexibility index (Phi) is 15.1. The minimum absolute atomic E-state index is 0.00412. The van der Waals surface area contributed by atoms with Crippen LogP contribution in [0.15, 0.2) is 59.6 Å². The Hall–Kier alpha value is -4.05. The number of aryl methyl sites for hydroxylation is 1. The molecule has 13 nitrogen and oxygen atoms in total. The van der Waals surface area contributed by atoms with E-state index in [1.807, 2.05) is 35.1 Å². The highest BCUT2D eigenvalue weighted by Gasteiger charge is 2.73. The molecule has 3 aromatic rings. The van der Waals surface area contributed by atoms with E-state index in [9.17, 15) is 23.9 Å². The van der Waals surface area contributed by atoms with E-state index in [0.29, 0.717) is 51.4 Å². The highest BCUT2D eigenvalue weighted by molar-refractivity contribution is 8.00. The summed E-state index contributed by atoms with van der Waals surface area (Å²) >= 11 is 1.41. The number of esters is 1. The van der Waals surface area contributed by atoms with Crippen LogP contribution in [0.3, 0.4) is 0 Å². The van der Waals surface area contributed by atoms with Gasteiger partial charge in [-0.2, -0.15) is 0 Å². The number of aromatic nitrogens is 3. The summed E-state index contributed by atoms with van der Waals surface area (Å²) in [6.07, 6.45) is 7.74. The van der Waals surface area contributed by atoms with Gasteiger partial charge in [0.15, 0.2) is 5.79 Å². The van der Waals surface area contributed by atoms with Crippen LogP contribution in [0.5, 0.6) is 0 Å². The lowest BCUT2D eigenvalue weighted by Crippen LogP contribution is -2.65. The number of aliphatic hydroxyl groups is 1. The van der Waals surface area contributed by atoms with Crippen LogP contribution in [0.4, 0.5) is 9.18 Å². The van der Waals surface area contributed by atoms with Crippen molar-refractivity contribution in [3.8, 4) is 11.3 Å². The maximum absolute atomic E-state index is 14.1. The first-order chi connectivity index (χ1) is 30.5. The number of benzene rings is 2. The van der Waals surface area contributed by atoms with Crippen LogP contribution in [0.1, 0.15) is 105 Å². The van der Waals surface area contributed by atoms with Gasteiger partial charge in [0.05, 0.1) is 37.7 Å². The van der Waals surface area contributed by atoms with Gasteiger partial charge in [-0.3, -0.25) is 14.3 Å². The minimum atomic E-state index is -0.758. The molecular formula is C49H68FN5O8S. The molecule has 2 aromatic carbocycles. The Labute approximate surface area is 381 Å². The molecule has 4 fully saturated rings. The van der Waals surface area contributed by atoms with E-state index >= 15 is 0 Å². The van der Waals surface area contributed by atoms with Gasteiger partial charge in [-0.25, -0.2) is 9.18 Å². The molecule has 15 heteroatoms. The minimum Gasteiger partial charge on any atom is -0.461 e. The Balaban J connectivity index is 0.980. The van der Waals surface area contributed by atoms with Crippen LogP contribution >= 0.6 is 11.8 Å². The van der Waals surface area contributed by atoms with Gasteiger partial charge in [-0.05, 0) is 131 Å². The van der Waals surface area contributed by atoms with Crippen molar-refractivity contribution in [1.29, 1.82) is 0 Å². The molecule has 7 rings (SSSR count). The van der Waals surface area contributed by atoms with Gasteiger partial charge in [0.25, 0.3) is 0 Å². The average molecular weight is 906 g/mol. The molecule has 1 spiro atoms. The number of nitrogens with zero attached hydrogens (tertiary/aromatic N) is 3. The van der Waals surface area contributed by atoms with Gasteiger partial charge in [0.2, 0.25) is 5.91 Å². The molecule has 3 saturated carbocycles. The normalized spacial score (nSPS) is 28.5. The van der Waals surface area contributed by atoms with E-state index in [2.05, 4.69) is 41.7 Å². The zero-order chi connectivity index (χ0) is 45.7. The SMILES string of the molecule is C[C@@H]1CC[C@@]23CCC4(OCCO4)[C@H]2[C@]1(C)[C@@H](OC(=O)CSc1ccc(CC(=O)NCCCNC(=O)OC(C)(C)C)cc1)C[C@H](CCCCn1cc(-c2ccc(F)cc2)nn1)[C@@H](O)[C@@H]3C. The van der Waals surface area contributed by atoms with E-state index in [-0.39, 0.29) is 59.0 Å². The largest absolute Gasteiger partial charge is 0.461 e. The van der Waals surface area contributed by atoms with Crippen LogP contribution in [0.25, 0.3) is 11.3 Å². The molecule has 350 valence electrons. The Morgan fingerprint density at radius 3 is 2.41 bits per heavy atom. The van der Waals surface area contributed by atoms with Crippen LogP contribution in [-0.2, 0) is 41.5 Å². The van der Waals surface area contributed by atoms with Gasteiger partial charge >= 0.3 is 12.1 Å². The maximum atomic E-state index is 14.1. The first-order valence-electron chi connectivity index (χ1n) is 23.3. The van der Waals surface area contributed by atoms with Gasteiger partial charge in [0.1, 0.15) is 23.2 Å². The van der Waals surface area contributed by atoms with Crippen molar-refractivity contribution < 1.29 is 42.8 Å². The van der Waals surface area contributed by atoms with Crippen molar-refractivity contribution in [2.75, 3.05) is 32.1 Å². The smallest absolute Gasteiger partial charge is 0.407 e. The number of rotatable bonds is 16. The summed E-state index contributed by atoms with van der Waals surface area (Å²) in [5.41, 5.74) is 1.10. The molecule has 4 aliphatic rings. The molecule has 1 saturated heterocycles. The lowest BCUT2D eigenvalue weighted by molar-refractivity contribution is -0.280. The van der Waals surface area contributed by atoms with Crippen LogP contribution in [-0.4, -0.2) is 93.7 Å². The van der Waals surface area contributed by atoms with E-state index in [1.54, 1.807) is 32.9 Å². The summed E-state index contributed by atoms with van der Waals surface area (Å²) in [5.74, 6) is -1.25. The maximum Gasteiger partial charge on any atom is 0.407 e. The molecule has 0 radical (unpaired) electrons. The second-order valence-electron chi connectivity index (χ2n) is 19.8. The van der Waals surface area contributed by atoms with Crippen LogP contribution in [0.2, 0.25) is 0 Å². The summed E-state index contributed by atoms with van der Waals surface area (Å²) in [7, 11) is 0. The lowest BCUT2D eigenvalue weighted by Gasteiger charge is -2.63. The van der Waals surface area contributed by atoms with Crippen molar-refractivity contribution in [3.63, 3.8) is 0 Å². The quantitative estimate of drug-likeness (QED) is 0.0723. The Morgan fingerprint density at radius 2 is 1.69 bits per heavy atom. The zero-order valence-corrected chi connectivity index (χ0v) is 39.2. The number of carbonyl (C=O) groups excluding carboxylic acids is 3. The van der Waals surface area contributed by atoms with Crippen molar-refractivity contribution in [2.45, 2.75) is 141 Å². The molecule has 1 aliphatic heterocycles. The van der Waals surface area contributed by atoms with E-state index in [4.69, 9.17) is 18.9 Å².